The monoisotopic (exact) mass is 471 g/mol. The maximum atomic E-state index is 13.3. The van der Waals surface area contributed by atoms with Gasteiger partial charge in [-0.25, -0.2) is 8.42 Å². The molecule has 0 radical (unpaired) electrons. The molecule has 7 nitrogen and oxygen atoms in total. The Kier molecular flexibility index (Phi) is 7.31. The lowest BCUT2D eigenvalue weighted by atomic mass is 10.2. The van der Waals surface area contributed by atoms with Gasteiger partial charge in [0, 0.05) is 10.5 Å². The molecule has 0 aliphatic carbocycles. The summed E-state index contributed by atoms with van der Waals surface area (Å²) in [5.74, 6) is 0.0171. The molecular weight excluding hydrogens is 450 g/mol. The third-order valence-corrected chi connectivity index (χ3v) is 6.00. The van der Waals surface area contributed by atoms with Crippen LogP contribution in [0.25, 0.3) is 0 Å². The summed E-state index contributed by atoms with van der Waals surface area (Å²) in [7, 11) is -1.20. The van der Waals surface area contributed by atoms with Crippen molar-refractivity contribution in [1.82, 2.24) is 0 Å². The number of nitrogens with zero attached hydrogens (tertiary/aromatic N) is 1. The highest BCUT2D eigenvalue weighted by Crippen LogP contribution is 2.35. The molecule has 0 N–H and O–H groups in total. The minimum absolute atomic E-state index is 0.0259. The second kappa shape index (κ2) is 9.29. The van der Waals surface area contributed by atoms with Crippen molar-refractivity contribution in [2.75, 3.05) is 25.1 Å². The van der Waals surface area contributed by atoms with E-state index in [1.807, 2.05) is 0 Å². The summed E-state index contributed by atoms with van der Waals surface area (Å²) in [4.78, 5) is 12.3. The van der Waals surface area contributed by atoms with Crippen LogP contribution in [0, 0.1) is 0 Å². The van der Waals surface area contributed by atoms with Crippen molar-refractivity contribution in [2.45, 2.75) is 24.8 Å². The second-order valence-corrected chi connectivity index (χ2v) is 8.82. The normalized spacial score (nSPS) is 11.2. The third-order valence-electron chi connectivity index (χ3n) is 3.70. The van der Waals surface area contributed by atoms with Gasteiger partial charge < -0.3 is 14.2 Å². The first-order valence-corrected chi connectivity index (χ1v) is 10.6. The molecule has 152 valence electrons. The molecule has 0 amide bonds. The van der Waals surface area contributed by atoms with Gasteiger partial charge in [-0.3, -0.25) is 9.10 Å². The van der Waals surface area contributed by atoms with Crippen molar-refractivity contribution in [1.29, 1.82) is 0 Å². The van der Waals surface area contributed by atoms with E-state index in [-0.39, 0.29) is 22.4 Å². The summed E-state index contributed by atoms with van der Waals surface area (Å²) in [6.07, 6.45) is -0.378. The van der Waals surface area contributed by atoms with E-state index >= 15 is 0 Å². The number of rotatable bonds is 8. The van der Waals surface area contributed by atoms with E-state index in [4.69, 9.17) is 14.2 Å². The van der Waals surface area contributed by atoms with Crippen LogP contribution in [-0.4, -0.2) is 41.3 Å². The SMILES string of the molecule is COc1ccc(OC)c(N(CC(=O)OC(C)C)S(=O)(=O)c2ccc(Br)cc2)c1. The fraction of sp³-hybridized carbons (Fsp3) is 0.316. The highest BCUT2D eigenvalue weighted by Gasteiger charge is 2.30. The Morgan fingerprint density at radius 1 is 1.07 bits per heavy atom. The zero-order valence-corrected chi connectivity index (χ0v) is 18.4. The van der Waals surface area contributed by atoms with E-state index in [2.05, 4.69) is 15.9 Å². The van der Waals surface area contributed by atoms with Gasteiger partial charge in [0.05, 0.1) is 30.9 Å². The highest BCUT2D eigenvalue weighted by atomic mass is 79.9. The van der Waals surface area contributed by atoms with Crippen molar-refractivity contribution < 1.29 is 27.4 Å². The average Bonchev–Trinajstić information content (AvgIpc) is 2.65. The van der Waals surface area contributed by atoms with Crippen LogP contribution < -0.4 is 13.8 Å². The lowest BCUT2D eigenvalue weighted by Gasteiger charge is -2.26. The standard InChI is InChI=1S/C19H22BrNO6S/c1-13(2)27-19(22)12-21(17-11-15(25-3)7-10-18(17)26-4)28(23,24)16-8-5-14(20)6-9-16/h5-11,13H,12H2,1-4H3. The summed E-state index contributed by atoms with van der Waals surface area (Å²) in [5, 5.41) is 0. The van der Waals surface area contributed by atoms with Gasteiger partial charge in [0.25, 0.3) is 10.0 Å². The Morgan fingerprint density at radius 2 is 1.71 bits per heavy atom. The lowest BCUT2D eigenvalue weighted by molar-refractivity contribution is -0.145. The first-order valence-electron chi connectivity index (χ1n) is 8.39. The molecule has 0 unspecified atom stereocenters. The van der Waals surface area contributed by atoms with Crippen molar-refractivity contribution in [3.63, 3.8) is 0 Å². The molecule has 0 atom stereocenters. The molecule has 0 fully saturated rings. The number of hydrogen-bond donors (Lipinski definition) is 0. The Morgan fingerprint density at radius 3 is 2.25 bits per heavy atom. The van der Waals surface area contributed by atoms with Crippen molar-refractivity contribution >= 4 is 37.6 Å². The molecule has 0 saturated carbocycles. The highest BCUT2D eigenvalue weighted by molar-refractivity contribution is 9.10. The minimum atomic E-state index is -4.08. The number of benzene rings is 2. The van der Waals surface area contributed by atoms with Gasteiger partial charge >= 0.3 is 5.97 Å². The molecule has 2 aromatic carbocycles. The minimum Gasteiger partial charge on any atom is -0.497 e. The van der Waals surface area contributed by atoms with E-state index in [9.17, 15) is 13.2 Å². The van der Waals surface area contributed by atoms with Gasteiger partial charge in [-0.1, -0.05) is 15.9 Å². The fourth-order valence-corrected chi connectivity index (χ4v) is 4.12. The van der Waals surface area contributed by atoms with Crippen LogP contribution in [0.2, 0.25) is 0 Å². The number of halogens is 1. The van der Waals surface area contributed by atoms with Crippen LogP contribution in [0.4, 0.5) is 5.69 Å². The van der Waals surface area contributed by atoms with Gasteiger partial charge in [-0.2, -0.15) is 0 Å². The van der Waals surface area contributed by atoms with Crippen LogP contribution in [0.5, 0.6) is 11.5 Å². The molecule has 0 saturated heterocycles. The molecular formula is C19H22BrNO6S. The Labute approximate surface area is 173 Å². The summed E-state index contributed by atoms with van der Waals surface area (Å²) in [6.45, 7) is 2.87. The van der Waals surface area contributed by atoms with Crippen molar-refractivity contribution in [3.8, 4) is 11.5 Å². The predicted octanol–water partition coefficient (Wildman–Crippen LogP) is 3.61. The smallest absolute Gasteiger partial charge is 0.327 e. The fourth-order valence-electron chi connectivity index (χ4n) is 2.44. The lowest BCUT2D eigenvalue weighted by Crippen LogP contribution is -2.37. The Balaban J connectivity index is 2.60. The van der Waals surface area contributed by atoms with Crippen LogP contribution in [0.15, 0.2) is 51.8 Å². The molecule has 0 aliphatic heterocycles. The number of sulfonamides is 1. The quantitative estimate of drug-likeness (QED) is 0.546. The summed E-state index contributed by atoms with van der Waals surface area (Å²) >= 11 is 3.28. The van der Waals surface area contributed by atoms with Gasteiger partial charge in [0.2, 0.25) is 0 Å². The Bertz CT molecular complexity index is 928. The van der Waals surface area contributed by atoms with E-state index in [0.29, 0.717) is 5.75 Å². The second-order valence-electron chi connectivity index (χ2n) is 6.04. The Hall–Kier alpha value is -2.26. The van der Waals surface area contributed by atoms with Crippen LogP contribution >= 0.6 is 15.9 Å². The zero-order valence-electron chi connectivity index (χ0n) is 16.0. The third kappa shape index (κ3) is 5.17. The number of esters is 1. The van der Waals surface area contributed by atoms with Crippen LogP contribution in [0.1, 0.15) is 13.8 Å². The summed E-state index contributed by atoms with van der Waals surface area (Å²) < 4.78 is 44.1. The molecule has 0 spiro atoms. The van der Waals surface area contributed by atoms with Crippen LogP contribution in [0.3, 0.4) is 0 Å². The number of anilines is 1. The van der Waals surface area contributed by atoms with Gasteiger partial charge in [-0.15, -0.1) is 0 Å². The van der Waals surface area contributed by atoms with Gasteiger partial charge in [0.1, 0.15) is 18.0 Å². The molecule has 9 heteroatoms. The number of ether oxygens (including phenoxy) is 3. The first-order chi connectivity index (χ1) is 13.2. The molecule has 0 heterocycles. The zero-order chi connectivity index (χ0) is 20.9. The van der Waals surface area contributed by atoms with E-state index < -0.39 is 22.5 Å². The topological polar surface area (TPSA) is 82.1 Å². The molecule has 0 aliphatic rings. The number of carbonyl (C=O) groups excluding carboxylic acids is 1. The van der Waals surface area contributed by atoms with Crippen molar-refractivity contribution in [3.05, 3.63) is 46.9 Å². The van der Waals surface area contributed by atoms with Gasteiger partial charge in [0.15, 0.2) is 0 Å². The molecule has 2 rings (SSSR count). The maximum Gasteiger partial charge on any atom is 0.327 e. The maximum absolute atomic E-state index is 13.3. The molecule has 0 bridgehead atoms. The summed E-state index contributed by atoms with van der Waals surface area (Å²) in [5.41, 5.74) is 0.172. The number of carbonyl (C=O) groups is 1. The number of hydrogen-bond acceptors (Lipinski definition) is 6. The first kappa shape index (κ1) is 22.0. The van der Waals surface area contributed by atoms with Crippen LogP contribution in [-0.2, 0) is 19.6 Å². The predicted molar refractivity (Wildman–Crippen MR) is 109 cm³/mol. The molecule has 2 aromatic rings. The molecule has 0 aromatic heterocycles. The number of methoxy groups -OCH3 is 2. The van der Waals surface area contributed by atoms with Crippen molar-refractivity contribution in [2.24, 2.45) is 0 Å². The summed E-state index contributed by atoms with van der Waals surface area (Å²) in [6, 6.07) is 10.8. The largest absolute Gasteiger partial charge is 0.497 e. The van der Waals surface area contributed by atoms with E-state index in [1.54, 1.807) is 38.1 Å². The van der Waals surface area contributed by atoms with E-state index in [1.165, 1.54) is 32.4 Å². The molecule has 28 heavy (non-hydrogen) atoms. The average molecular weight is 472 g/mol. The van der Waals surface area contributed by atoms with Gasteiger partial charge in [-0.05, 0) is 50.2 Å². The van der Waals surface area contributed by atoms with E-state index in [0.717, 1.165) is 8.78 Å².